The van der Waals surface area contributed by atoms with Crippen molar-refractivity contribution in [2.45, 2.75) is 10.1 Å². The van der Waals surface area contributed by atoms with Gasteiger partial charge in [-0.3, -0.25) is 4.79 Å². The summed E-state index contributed by atoms with van der Waals surface area (Å²) in [5, 5.41) is 10.4. The molecule has 31 heavy (non-hydrogen) atoms. The zero-order valence-corrected chi connectivity index (χ0v) is 18.7. The molecule has 0 unspecified atom stereocenters. The number of hydrogen-bond donors (Lipinski definition) is 1. The molecule has 0 saturated carbocycles. The van der Waals surface area contributed by atoms with Crippen molar-refractivity contribution in [3.05, 3.63) is 47.6 Å². The molecule has 164 valence electrons. The molecule has 0 radical (unpaired) electrons. The number of benzene rings is 1. The van der Waals surface area contributed by atoms with Crippen LogP contribution in [0, 0.1) is 5.82 Å². The van der Waals surface area contributed by atoms with Gasteiger partial charge >= 0.3 is 0 Å². The molecule has 3 aromatic rings. The zero-order chi connectivity index (χ0) is 22.0. The van der Waals surface area contributed by atoms with E-state index in [9.17, 15) is 17.6 Å². The molecule has 1 aliphatic rings. The second-order valence-corrected chi connectivity index (χ2v) is 10.5. The number of amides is 1. The Kier molecular flexibility index (Phi) is 6.27. The second-order valence-electron chi connectivity index (χ2n) is 6.68. The molecule has 1 amide bonds. The summed E-state index contributed by atoms with van der Waals surface area (Å²) >= 11 is 2.67. The van der Waals surface area contributed by atoms with Gasteiger partial charge in [-0.05, 0) is 29.6 Å². The van der Waals surface area contributed by atoms with Crippen molar-refractivity contribution in [1.82, 2.24) is 24.1 Å². The van der Waals surface area contributed by atoms with E-state index in [0.29, 0.717) is 11.0 Å². The SMILES string of the molecule is Nn1c(SCC(=O)N2CCN(S(=O)(=O)c3cccc(F)c3)CC2)nnc1-c1cccs1. The van der Waals surface area contributed by atoms with Gasteiger partial charge in [-0.1, -0.05) is 23.9 Å². The lowest BCUT2D eigenvalue weighted by atomic mass is 10.3. The van der Waals surface area contributed by atoms with Gasteiger partial charge in [0.05, 0.1) is 15.5 Å². The normalized spacial score (nSPS) is 15.3. The quantitative estimate of drug-likeness (QED) is 0.418. The fourth-order valence-electron chi connectivity index (χ4n) is 3.12. The molecule has 0 spiro atoms. The van der Waals surface area contributed by atoms with Gasteiger partial charge in [0.1, 0.15) is 5.82 Å². The van der Waals surface area contributed by atoms with Gasteiger partial charge in [0.25, 0.3) is 0 Å². The lowest BCUT2D eigenvalue weighted by Crippen LogP contribution is -2.51. The van der Waals surface area contributed by atoms with Gasteiger partial charge in [0, 0.05) is 26.2 Å². The maximum Gasteiger partial charge on any atom is 0.243 e. The number of nitrogens with zero attached hydrogens (tertiary/aromatic N) is 5. The summed E-state index contributed by atoms with van der Waals surface area (Å²) in [5.41, 5.74) is 0. The maximum atomic E-state index is 13.4. The van der Waals surface area contributed by atoms with Crippen LogP contribution in [0.25, 0.3) is 10.7 Å². The first kappa shape index (κ1) is 21.7. The Hall–Kier alpha value is -2.48. The largest absolute Gasteiger partial charge is 0.339 e. The molecule has 3 heterocycles. The summed E-state index contributed by atoms with van der Waals surface area (Å²) < 4.78 is 41.4. The predicted molar refractivity (Wildman–Crippen MR) is 116 cm³/mol. The number of carbonyl (C=O) groups excluding carboxylic acids is 1. The molecular weight excluding hydrogens is 463 g/mol. The van der Waals surface area contributed by atoms with E-state index in [-0.39, 0.29) is 42.7 Å². The van der Waals surface area contributed by atoms with E-state index in [1.165, 1.54) is 50.3 Å². The predicted octanol–water partition coefficient (Wildman–Crippen LogP) is 1.48. The van der Waals surface area contributed by atoms with Gasteiger partial charge in [0.15, 0.2) is 5.82 Å². The van der Waals surface area contributed by atoms with Crippen LogP contribution in [0.4, 0.5) is 4.39 Å². The Morgan fingerprint density at radius 3 is 2.61 bits per heavy atom. The van der Waals surface area contributed by atoms with Gasteiger partial charge in [-0.15, -0.1) is 21.5 Å². The summed E-state index contributed by atoms with van der Waals surface area (Å²) in [6.07, 6.45) is 0. The first-order valence-corrected chi connectivity index (χ1v) is 12.6. The Morgan fingerprint density at radius 2 is 1.94 bits per heavy atom. The van der Waals surface area contributed by atoms with Gasteiger partial charge in [-0.2, -0.15) is 4.31 Å². The maximum absolute atomic E-state index is 13.4. The molecule has 1 aliphatic heterocycles. The smallest absolute Gasteiger partial charge is 0.243 e. The minimum Gasteiger partial charge on any atom is -0.339 e. The topological polar surface area (TPSA) is 114 Å². The van der Waals surface area contributed by atoms with Gasteiger partial charge in [-0.25, -0.2) is 17.5 Å². The highest BCUT2D eigenvalue weighted by atomic mass is 32.2. The number of rotatable bonds is 6. The molecule has 9 nitrogen and oxygen atoms in total. The second kappa shape index (κ2) is 8.94. The molecule has 2 N–H and O–H groups in total. The monoisotopic (exact) mass is 482 g/mol. The highest BCUT2D eigenvalue weighted by Crippen LogP contribution is 2.25. The number of carbonyl (C=O) groups is 1. The van der Waals surface area contributed by atoms with E-state index in [4.69, 9.17) is 5.84 Å². The Balaban J connectivity index is 1.33. The Morgan fingerprint density at radius 1 is 1.16 bits per heavy atom. The number of thioether (sulfide) groups is 1. The van der Waals surface area contributed by atoms with E-state index < -0.39 is 15.8 Å². The van der Waals surface area contributed by atoms with Crippen LogP contribution in [-0.2, 0) is 14.8 Å². The van der Waals surface area contributed by atoms with Crippen molar-refractivity contribution in [2.24, 2.45) is 0 Å². The summed E-state index contributed by atoms with van der Waals surface area (Å²) in [4.78, 5) is 15.0. The van der Waals surface area contributed by atoms with Gasteiger partial charge < -0.3 is 10.7 Å². The number of hydrogen-bond acceptors (Lipinski definition) is 8. The van der Waals surface area contributed by atoms with Crippen molar-refractivity contribution in [1.29, 1.82) is 0 Å². The van der Waals surface area contributed by atoms with E-state index in [2.05, 4.69) is 10.2 Å². The zero-order valence-electron chi connectivity index (χ0n) is 16.2. The average Bonchev–Trinajstić information content (AvgIpc) is 3.42. The number of sulfonamides is 1. The number of nitrogens with two attached hydrogens (primary N) is 1. The van der Waals surface area contributed by atoms with E-state index in [0.717, 1.165) is 10.9 Å². The number of nitrogen functional groups attached to an aromatic ring is 1. The minimum absolute atomic E-state index is 0.0911. The summed E-state index contributed by atoms with van der Waals surface area (Å²) in [7, 11) is -3.80. The molecule has 13 heteroatoms. The van der Waals surface area contributed by atoms with Crippen LogP contribution in [0.1, 0.15) is 0 Å². The highest BCUT2D eigenvalue weighted by molar-refractivity contribution is 7.99. The molecule has 4 rings (SSSR count). The standard InChI is InChI=1S/C18H19FN6O3S3/c19-13-3-1-4-14(11-13)31(27,28)24-8-6-23(7-9-24)16(26)12-30-18-22-21-17(25(18)20)15-5-2-10-29-15/h1-5,10-11H,6-9,12,20H2. The van der Waals surface area contributed by atoms with E-state index >= 15 is 0 Å². The number of aromatic nitrogens is 3. The van der Waals surface area contributed by atoms with Crippen molar-refractivity contribution in [3.8, 4) is 10.7 Å². The van der Waals surface area contributed by atoms with Gasteiger partial charge in [0.2, 0.25) is 21.1 Å². The molecular formula is C18H19FN6O3S3. The molecule has 1 saturated heterocycles. The van der Waals surface area contributed by atoms with Crippen LogP contribution in [0.5, 0.6) is 0 Å². The van der Waals surface area contributed by atoms with Crippen molar-refractivity contribution >= 4 is 39.0 Å². The third-order valence-electron chi connectivity index (χ3n) is 4.76. The lowest BCUT2D eigenvalue weighted by molar-refractivity contribution is -0.129. The summed E-state index contributed by atoms with van der Waals surface area (Å²) in [5.74, 6) is 5.93. The lowest BCUT2D eigenvalue weighted by Gasteiger charge is -2.34. The molecule has 1 aromatic carbocycles. The summed E-state index contributed by atoms with van der Waals surface area (Å²) in [6.45, 7) is 0.795. The van der Waals surface area contributed by atoms with Crippen molar-refractivity contribution < 1.29 is 17.6 Å². The van der Waals surface area contributed by atoms with Crippen LogP contribution >= 0.6 is 23.1 Å². The highest BCUT2D eigenvalue weighted by Gasteiger charge is 2.30. The average molecular weight is 483 g/mol. The Labute approximate surface area is 186 Å². The first-order valence-electron chi connectivity index (χ1n) is 9.27. The molecule has 0 aliphatic carbocycles. The third-order valence-corrected chi connectivity index (χ3v) is 8.44. The fourth-order valence-corrected chi connectivity index (χ4v) is 6.04. The van der Waals surface area contributed by atoms with Crippen molar-refractivity contribution in [3.63, 3.8) is 0 Å². The van der Waals surface area contributed by atoms with Crippen LogP contribution in [0.2, 0.25) is 0 Å². The Bertz CT molecular complexity index is 1170. The number of thiophene rings is 1. The first-order chi connectivity index (χ1) is 14.9. The minimum atomic E-state index is -3.80. The van der Waals surface area contributed by atoms with Crippen LogP contribution in [-0.4, -0.2) is 70.3 Å². The molecule has 0 atom stereocenters. The number of halogens is 1. The van der Waals surface area contributed by atoms with Crippen LogP contribution < -0.4 is 5.84 Å². The molecule has 1 fully saturated rings. The molecule has 0 bridgehead atoms. The van der Waals surface area contributed by atoms with Crippen LogP contribution in [0.15, 0.2) is 51.8 Å². The number of piperazine rings is 1. The fraction of sp³-hybridized carbons (Fsp3) is 0.278. The van der Waals surface area contributed by atoms with E-state index in [1.54, 1.807) is 4.90 Å². The third kappa shape index (κ3) is 4.59. The molecule has 2 aromatic heterocycles. The van der Waals surface area contributed by atoms with Crippen molar-refractivity contribution in [2.75, 3.05) is 37.8 Å². The summed E-state index contributed by atoms with van der Waals surface area (Å²) in [6, 6.07) is 8.68. The van der Waals surface area contributed by atoms with Crippen LogP contribution in [0.3, 0.4) is 0 Å². The van der Waals surface area contributed by atoms with E-state index in [1.807, 2.05) is 17.5 Å².